The molecule has 21 heavy (non-hydrogen) atoms. The van der Waals surface area contributed by atoms with Gasteiger partial charge in [0.2, 0.25) is 0 Å². The van der Waals surface area contributed by atoms with Gasteiger partial charge in [-0.05, 0) is 30.3 Å². The fraction of sp³-hybridized carbons (Fsp3) is 0.118. The summed E-state index contributed by atoms with van der Waals surface area (Å²) in [6.45, 7) is 0. The number of phenols is 1. The van der Waals surface area contributed by atoms with Gasteiger partial charge in [-0.2, -0.15) is 0 Å². The topological polar surface area (TPSA) is 50.0 Å². The van der Waals surface area contributed by atoms with Crippen molar-refractivity contribution in [1.29, 1.82) is 0 Å². The van der Waals surface area contributed by atoms with Crippen molar-refractivity contribution in [2.45, 2.75) is 0 Å². The minimum absolute atomic E-state index is 0.177. The molecule has 106 valence electrons. The van der Waals surface area contributed by atoms with E-state index in [0.29, 0.717) is 22.8 Å². The standard InChI is InChI=1S/C17H14O4/c1-19-15-8-5-12(9-17(15)20-2)14-7-4-11-3-6-13(18)10-16(11)21-14/h3-10H,1-2H3/p+1. The molecule has 3 aromatic rings. The summed E-state index contributed by atoms with van der Waals surface area (Å²) in [5.41, 5.74) is 1.50. The van der Waals surface area contributed by atoms with Crippen molar-refractivity contribution < 1.29 is 19.0 Å². The van der Waals surface area contributed by atoms with Gasteiger partial charge in [0.05, 0.1) is 31.2 Å². The molecule has 1 aromatic heterocycles. The molecule has 1 heterocycles. The van der Waals surface area contributed by atoms with Crippen LogP contribution < -0.4 is 9.47 Å². The molecule has 0 atom stereocenters. The van der Waals surface area contributed by atoms with Gasteiger partial charge in [-0.3, -0.25) is 0 Å². The molecule has 3 rings (SSSR count). The lowest BCUT2D eigenvalue weighted by atomic mass is 10.1. The average molecular weight is 283 g/mol. The quantitative estimate of drug-likeness (QED) is 0.735. The summed E-state index contributed by atoms with van der Waals surface area (Å²) in [5.74, 6) is 2.17. The Hall–Kier alpha value is -2.75. The summed E-state index contributed by atoms with van der Waals surface area (Å²) in [4.78, 5) is 0. The minimum Gasteiger partial charge on any atom is -0.508 e. The van der Waals surface area contributed by atoms with E-state index in [-0.39, 0.29) is 5.75 Å². The van der Waals surface area contributed by atoms with Gasteiger partial charge in [-0.25, -0.2) is 4.42 Å². The Bertz CT molecular complexity index is 796. The monoisotopic (exact) mass is 283 g/mol. The summed E-state index contributed by atoms with van der Waals surface area (Å²) in [6, 6.07) is 14.5. The first-order valence-electron chi connectivity index (χ1n) is 6.49. The van der Waals surface area contributed by atoms with E-state index >= 15 is 0 Å². The molecule has 0 radical (unpaired) electrons. The maximum Gasteiger partial charge on any atom is 0.364 e. The van der Waals surface area contributed by atoms with E-state index in [0.717, 1.165) is 10.9 Å². The summed E-state index contributed by atoms with van der Waals surface area (Å²) in [6.07, 6.45) is 0. The first-order valence-corrected chi connectivity index (χ1v) is 6.49. The van der Waals surface area contributed by atoms with Crippen molar-refractivity contribution in [3.05, 3.63) is 48.5 Å². The van der Waals surface area contributed by atoms with E-state index in [1.54, 1.807) is 26.4 Å². The van der Waals surface area contributed by atoms with Crippen molar-refractivity contribution in [3.8, 4) is 28.6 Å². The summed E-state index contributed by atoms with van der Waals surface area (Å²) < 4.78 is 16.4. The van der Waals surface area contributed by atoms with E-state index in [1.165, 1.54) is 0 Å². The Labute approximate surface area is 122 Å². The van der Waals surface area contributed by atoms with Crippen molar-refractivity contribution >= 4 is 11.0 Å². The van der Waals surface area contributed by atoms with Gasteiger partial charge in [-0.15, -0.1) is 0 Å². The Morgan fingerprint density at radius 1 is 0.857 bits per heavy atom. The van der Waals surface area contributed by atoms with Crippen LogP contribution in [0.3, 0.4) is 0 Å². The van der Waals surface area contributed by atoms with E-state index in [1.807, 2.05) is 36.4 Å². The van der Waals surface area contributed by atoms with Crippen LogP contribution in [0, 0.1) is 0 Å². The Morgan fingerprint density at radius 2 is 1.62 bits per heavy atom. The lowest BCUT2D eigenvalue weighted by molar-refractivity contribution is 0.355. The zero-order chi connectivity index (χ0) is 14.8. The molecule has 0 aliphatic rings. The summed E-state index contributed by atoms with van der Waals surface area (Å²) in [5, 5.41) is 10.5. The molecule has 2 aromatic carbocycles. The number of hydrogen-bond donors (Lipinski definition) is 1. The van der Waals surface area contributed by atoms with Gasteiger partial charge >= 0.3 is 11.3 Å². The number of benzene rings is 2. The van der Waals surface area contributed by atoms with Crippen LogP contribution in [0.25, 0.3) is 22.3 Å². The smallest absolute Gasteiger partial charge is 0.364 e. The highest BCUT2D eigenvalue weighted by molar-refractivity contribution is 5.80. The number of hydrogen-bond acceptors (Lipinski definition) is 3. The van der Waals surface area contributed by atoms with Crippen molar-refractivity contribution in [3.63, 3.8) is 0 Å². The Kier molecular flexibility index (Phi) is 3.36. The lowest BCUT2D eigenvalue weighted by Crippen LogP contribution is -1.90. The van der Waals surface area contributed by atoms with Gasteiger partial charge in [0.15, 0.2) is 11.5 Å². The van der Waals surface area contributed by atoms with Crippen molar-refractivity contribution in [2.24, 2.45) is 0 Å². The van der Waals surface area contributed by atoms with E-state index in [9.17, 15) is 5.11 Å². The predicted molar refractivity (Wildman–Crippen MR) is 80.8 cm³/mol. The zero-order valence-corrected chi connectivity index (χ0v) is 11.8. The molecular formula is C17H15O4+. The predicted octanol–water partition coefficient (Wildman–Crippen LogP) is 4.10. The normalized spacial score (nSPS) is 10.6. The molecule has 0 unspecified atom stereocenters. The third-order valence-corrected chi connectivity index (χ3v) is 3.30. The number of fused-ring (bicyclic) bond motifs is 1. The molecule has 0 bridgehead atoms. The van der Waals surface area contributed by atoms with Crippen LogP contribution in [-0.2, 0) is 0 Å². The highest BCUT2D eigenvalue weighted by Crippen LogP contribution is 2.33. The van der Waals surface area contributed by atoms with Crippen LogP contribution in [0.4, 0.5) is 0 Å². The van der Waals surface area contributed by atoms with Crippen LogP contribution >= 0.6 is 0 Å². The van der Waals surface area contributed by atoms with Crippen LogP contribution in [-0.4, -0.2) is 19.3 Å². The number of ether oxygens (including phenoxy) is 2. The fourth-order valence-electron chi connectivity index (χ4n) is 2.21. The van der Waals surface area contributed by atoms with Crippen molar-refractivity contribution in [1.82, 2.24) is 0 Å². The van der Waals surface area contributed by atoms with E-state index < -0.39 is 0 Å². The number of aromatic hydroxyl groups is 1. The van der Waals surface area contributed by atoms with Crippen LogP contribution in [0.15, 0.2) is 52.9 Å². The van der Waals surface area contributed by atoms with Gasteiger partial charge in [-0.1, -0.05) is 0 Å². The third kappa shape index (κ3) is 2.48. The molecule has 0 spiro atoms. The van der Waals surface area contributed by atoms with Crippen LogP contribution in [0.2, 0.25) is 0 Å². The molecule has 0 amide bonds. The molecule has 4 heteroatoms. The molecule has 4 nitrogen and oxygen atoms in total. The van der Waals surface area contributed by atoms with Crippen molar-refractivity contribution in [2.75, 3.05) is 14.2 Å². The summed E-state index contributed by atoms with van der Waals surface area (Å²) in [7, 11) is 3.19. The van der Waals surface area contributed by atoms with E-state index in [2.05, 4.69) is 0 Å². The maximum atomic E-state index is 9.55. The molecule has 0 aliphatic carbocycles. The first kappa shape index (κ1) is 13.2. The SMILES string of the molecule is COc1ccc(-c2ccc3ccc(O)cc3[o+]2)cc1OC. The molecular weight excluding hydrogens is 268 g/mol. The number of methoxy groups -OCH3 is 2. The number of phenolic OH excluding ortho intramolecular Hbond substituents is 1. The fourth-order valence-corrected chi connectivity index (χ4v) is 2.21. The molecule has 0 fully saturated rings. The van der Waals surface area contributed by atoms with Crippen LogP contribution in [0.1, 0.15) is 0 Å². The van der Waals surface area contributed by atoms with Gasteiger partial charge in [0.25, 0.3) is 0 Å². The average Bonchev–Trinajstić information content (AvgIpc) is 2.53. The second kappa shape index (κ2) is 5.32. The first-order chi connectivity index (χ1) is 10.2. The zero-order valence-electron chi connectivity index (χ0n) is 11.8. The van der Waals surface area contributed by atoms with E-state index in [4.69, 9.17) is 13.9 Å². The molecule has 0 aliphatic heterocycles. The Morgan fingerprint density at radius 3 is 2.38 bits per heavy atom. The van der Waals surface area contributed by atoms with Crippen LogP contribution in [0.5, 0.6) is 17.2 Å². The lowest BCUT2D eigenvalue weighted by Gasteiger charge is -2.06. The largest absolute Gasteiger partial charge is 0.508 e. The minimum atomic E-state index is 0.177. The van der Waals surface area contributed by atoms with Gasteiger partial charge in [0.1, 0.15) is 5.75 Å². The number of rotatable bonds is 3. The Balaban J connectivity index is 2.11. The summed E-state index contributed by atoms with van der Waals surface area (Å²) >= 11 is 0. The molecule has 0 saturated heterocycles. The highest BCUT2D eigenvalue weighted by atomic mass is 16.5. The maximum absolute atomic E-state index is 9.55. The second-order valence-corrected chi connectivity index (χ2v) is 4.59. The molecule has 1 N–H and O–H groups in total. The molecule has 0 saturated carbocycles. The highest BCUT2D eigenvalue weighted by Gasteiger charge is 2.17. The van der Waals surface area contributed by atoms with Gasteiger partial charge < -0.3 is 14.6 Å². The third-order valence-electron chi connectivity index (χ3n) is 3.30. The second-order valence-electron chi connectivity index (χ2n) is 4.59. The van der Waals surface area contributed by atoms with Gasteiger partial charge in [0, 0.05) is 12.1 Å².